The van der Waals surface area contributed by atoms with Gasteiger partial charge in [-0.15, -0.1) is 11.3 Å². The highest BCUT2D eigenvalue weighted by Gasteiger charge is 2.34. The molecule has 1 atom stereocenters. The smallest absolute Gasteiger partial charge is 0.261 e. The van der Waals surface area contributed by atoms with E-state index in [0.29, 0.717) is 25.3 Å². The van der Waals surface area contributed by atoms with Gasteiger partial charge in [-0.05, 0) is 37.1 Å². The molecule has 0 radical (unpaired) electrons. The van der Waals surface area contributed by atoms with E-state index in [2.05, 4.69) is 10.3 Å². The lowest BCUT2D eigenvalue weighted by molar-refractivity contribution is -0.140. The molecule has 2 aromatic carbocycles. The molecule has 7 nitrogen and oxygen atoms in total. The second-order valence-corrected chi connectivity index (χ2v) is 8.30. The molecule has 166 valence electrons. The summed E-state index contributed by atoms with van der Waals surface area (Å²) in [6.07, 6.45) is 1.44. The minimum atomic E-state index is -0.478. The van der Waals surface area contributed by atoms with Crippen molar-refractivity contribution in [1.82, 2.24) is 15.2 Å². The number of aromatic nitrogens is 1. The van der Waals surface area contributed by atoms with Crippen LogP contribution in [0.25, 0.3) is 10.6 Å². The van der Waals surface area contributed by atoms with E-state index in [0.717, 1.165) is 28.4 Å². The number of carbonyl (C=O) groups excluding carboxylic acids is 2. The van der Waals surface area contributed by atoms with Crippen LogP contribution >= 0.6 is 11.3 Å². The first-order chi connectivity index (χ1) is 15.6. The number of ether oxygens (including phenoxy) is 2. The first-order valence-corrected chi connectivity index (χ1v) is 11.4. The molecule has 1 N–H and O–H groups in total. The van der Waals surface area contributed by atoms with Gasteiger partial charge in [-0.25, -0.2) is 4.98 Å². The molecule has 1 fully saturated rings. The van der Waals surface area contributed by atoms with Gasteiger partial charge >= 0.3 is 0 Å². The number of thiazole rings is 1. The maximum absolute atomic E-state index is 12.8. The zero-order valence-corrected chi connectivity index (χ0v) is 18.6. The van der Waals surface area contributed by atoms with Crippen molar-refractivity contribution >= 4 is 23.2 Å². The lowest BCUT2D eigenvalue weighted by Gasteiger charge is -2.24. The number of hydrogen-bond donors (Lipinski definition) is 1. The second-order valence-electron chi connectivity index (χ2n) is 7.44. The fraction of sp³-hybridized carbons (Fsp3) is 0.292. The summed E-state index contributed by atoms with van der Waals surface area (Å²) in [4.78, 5) is 31.7. The number of methoxy groups -OCH3 is 1. The predicted molar refractivity (Wildman–Crippen MR) is 123 cm³/mol. The third-order valence-electron chi connectivity index (χ3n) is 5.31. The summed E-state index contributed by atoms with van der Waals surface area (Å²) in [5, 5.41) is 5.80. The van der Waals surface area contributed by atoms with E-state index in [-0.39, 0.29) is 18.4 Å². The minimum Gasteiger partial charge on any atom is -0.497 e. The van der Waals surface area contributed by atoms with Gasteiger partial charge in [0.05, 0.1) is 19.3 Å². The lowest BCUT2D eigenvalue weighted by atomic mass is 10.2. The van der Waals surface area contributed by atoms with E-state index in [1.54, 1.807) is 47.6 Å². The van der Waals surface area contributed by atoms with Crippen molar-refractivity contribution in [2.75, 3.05) is 20.3 Å². The van der Waals surface area contributed by atoms with Gasteiger partial charge < -0.3 is 19.7 Å². The van der Waals surface area contributed by atoms with E-state index in [4.69, 9.17) is 9.47 Å². The first kappa shape index (κ1) is 21.8. The van der Waals surface area contributed by atoms with E-state index in [9.17, 15) is 9.59 Å². The van der Waals surface area contributed by atoms with Crippen molar-refractivity contribution in [3.05, 3.63) is 65.7 Å². The summed E-state index contributed by atoms with van der Waals surface area (Å²) < 4.78 is 10.7. The summed E-state index contributed by atoms with van der Waals surface area (Å²) in [6.45, 7) is 0.781. The summed E-state index contributed by atoms with van der Waals surface area (Å²) in [5.74, 6) is 0.945. The number of nitrogens with zero attached hydrogens (tertiary/aromatic N) is 2. The van der Waals surface area contributed by atoms with Gasteiger partial charge in [-0.2, -0.15) is 0 Å². The average Bonchev–Trinajstić information content (AvgIpc) is 3.52. The molecular weight excluding hydrogens is 426 g/mol. The maximum Gasteiger partial charge on any atom is 0.261 e. The standard InChI is InChI=1S/C24H25N3O4S/c1-30-19-9-11-20(12-10-19)31-15-22(28)27-13-5-8-21(27)23(29)25-14-18-16-32-24(26-18)17-6-3-2-4-7-17/h2-4,6-7,9-12,16,21H,5,8,13-15H2,1H3,(H,25,29)/t21-/m1/s1. The average molecular weight is 452 g/mol. The molecule has 3 aromatic rings. The zero-order valence-electron chi connectivity index (χ0n) is 17.8. The Morgan fingerprint density at radius 2 is 1.88 bits per heavy atom. The van der Waals surface area contributed by atoms with Crippen LogP contribution in [-0.2, 0) is 16.1 Å². The molecule has 0 aliphatic carbocycles. The monoisotopic (exact) mass is 451 g/mol. The van der Waals surface area contributed by atoms with Gasteiger partial charge in [0.15, 0.2) is 6.61 Å². The van der Waals surface area contributed by atoms with Crippen LogP contribution in [-0.4, -0.2) is 48.0 Å². The Morgan fingerprint density at radius 3 is 2.62 bits per heavy atom. The van der Waals surface area contributed by atoms with Gasteiger partial charge in [-0.3, -0.25) is 9.59 Å². The van der Waals surface area contributed by atoms with Crippen LogP contribution in [0.2, 0.25) is 0 Å². The number of nitrogens with one attached hydrogen (secondary N) is 1. The van der Waals surface area contributed by atoms with Crippen LogP contribution in [0.3, 0.4) is 0 Å². The highest BCUT2D eigenvalue weighted by Crippen LogP contribution is 2.24. The molecule has 0 spiro atoms. The Morgan fingerprint density at radius 1 is 1.12 bits per heavy atom. The van der Waals surface area contributed by atoms with Crippen LogP contribution in [0.5, 0.6) is 11.5 Å². The number of likely N-dealkylation sites (tertiary alicyclic amines) is 1. The van der Waals surface area contributed by atoms with Crippen molar-refractivity contribution in [3.63, 3.8) is 0 Å². The minimum absolute atomic E-state index is 0.109. The normalized spacial score (nSPS) is 15.4. The number of benzene rings is 2. The van der Waals surface area contributed by atoms with E-state index in [1.165, 1.54) is 0 Å². The van der Waals surface area contributed by atoms with Crippen LogP contribution < -0.4 is 14.8 Å². The number of amides is 2. The first-order valence-electron chi connectivity index (χ1n) is 10.5. The van der Waals surface area contributed by atoms with Crippen LogP contribution in [0, 0.1) is 0 Å². The summed E-state index contributed by atoms with van der Waals surface area (Å²) in [7, 11) is 1.59. The topological polar surface area (TPSA) is 80.8 Å². The molecule has 4 rings (SSSR count). The Balaban J connectivity index is 1.29. The molecule has 1 saturated heterocycles. The zero-order chi connectivity index (χ0) is 22.3. The summed E-state index contributed by atoms with van der Waals surface area (Å²) in [5.41, 5.74) is 1.86. The fourth-order valence-corrected chi connectivity index (χ4v) is 4.46. The molecule has 2 amide bonds. The molecule has 1 aliphatic rings. The van der Waals surface area contributed by atoms with Gasteiger partial charge in [-0.1, -0.05) is 30.3 Å². The van der Waals surface area contributed by atoms with Crippen LogP contribution in [0.15, 0.2) is 60.0 Å². The molecule has 2 heterocycles. The molecular formula is C24H25N3O4S. The Labute approximate surface area is 191 Å². The SMILES string of the molecule is COc1ccc(OCC(=O)N2CCC[C@@H]2C(=O)NCc2csc(-c3ccccc3)n2)cc1. The Bertz CT molecular complexity index is 1050. The Hall–Kier alpha value is -3.39. The van der Waals surface area contributed by atoms with Crippen molar-refractivity contribution in [1.29, 1.82) is 0 Å². The molecule has 0 saturated carbocycles. The third kappa shape index (κ3) is 5.26. The van der Waals surface area contributed by atoms with Crippen molar-refractivity contribution in [2.45, 2.75) is 25.4 Å². The molecule has 0 unspecified atom stereocenters. The molecule has 32 heavy (non-hydrogen) atoms. The van der Waals surface area contributed by atoms with Crippen molar-refractivity contribution in [2.24, 2.45) is 0 Å². The number of carbonyl (C=O) groups is 2. The number of hydrogen-bond acceptors (Lipinski definition) is 6. The van der Waals surface area contributed by atoms with Gasteiger partial charge in [0.2, 0.25) is 5.91 Å². The predicted octanol–water partition coefficient (Wildman–Crippen LogP) is 3.50. The fourth-order valence-electron chi connectivity index (χ4n) is 3.63. The van der Waals surface area contributed by atoms with E-state index < -0.39 is 6.04 Å². The molecule has 8 heteroatoms. The largest absolute Gasteiger partial charge is 0.497 e. The van der Waals surface area contributed by atoms with Crippen molar-refractivity contribution in [3.8, 4) is 22.1 Å². The number of rotatable bonds is 8. The highest BCUT2D eigenvalue weighted by atomic mass is 32.1. The molecule has 1 aromatic heterocycles. The van der Waals surface area contributed by atoms with E-state index in [1.807, 2.05) is 35.7 Å². The maximum atomic E-state index is 12.8. The molecule has 0 bridgehead atoms. The quantitative estimate of drug-likeness (QED) is 0.567. The second kappa shape index (κ2) is 10.3. The highest BCUT2D eigenvalue weighted by molar-refractivity contribution is 7.13. The van der Waals surface area contributed by atoms with Crippen LogP contribution in [0.4, 0.5) is 0 Å². The summed E-state index contributed by atoms with van der Waals surface area (Å²) >= 11 is 1.55. The van der Waals surface area contributed by atoms with Crippen molar-refractivity contribution < 1.29 is 19.1 Å². The van der Waals surface area contributed by atoms with Gasteiger partial charge in [0.1, 0.15) is 22.5 Å². The van der Waals surface area contributed by atoms with Gasteiger partial charge in [0, 0.05) is 17.5 Å². The van der Waals surface area contributed by atoms with Gasteiger partial charge in [0.25, 0.3) is 5.91 Å². The Kier molecular flexibility index (Phi) is 7.01. The van der Waals surface area contributed by atoms with Crippen LogP contribution in [0.1, 0.15) is 18.5 Å². The molecule has 1 aliphatic heterocycles. The van der Waals surface area contributed by atoms with E-state index >= 15 is 0 Å². The third-order valence-corrected chi connectivity index (χ3v) is 6.25. The summed E-state index contributed by atoms with van der Waals surface area (Å²) in [6, 6.07) is 16.5. The lowest BCUT2D eigenvalue weighted by Crippen LogP contribution is -2.47.